The summed E-state index contributed by atoms with van der Waals surface area (Å²) in [7, 11) is 1.50. The highest BCUT2D eigenvalue weighted by molar-refractivity contribution is 6.31. The van der Waals surface area contributed by atoms with Gasteiger partial charge < -0.3 is 20.3 Å². The number of aliphatic imine (C=N–C) groups is 1. The van der Waals surface area contributed by atoms with Crippen molar-refractivity contribution in [3.8, 4) is 17.0 Å². The van der Waals surface area contributed by atoms with Crippen LogP contribution in [0.4, 0.5) is 16.0 Å². The molecule has 1 aromatic heterocycles. The molecule has 0 bridgehead atoms. The fourth-order valence-electron chi connectivity index (χ4n) is 4.98. The third-order valence-electron chi connectivity index (χ3n) is 6.99. The number of hydrogen-bond acceptors (Lipinski definition) is 7. The summed E-state index contributed by atoms with van der Waals surface area (Å²) in [5.41, 5.74) is 4.94. The molecular weight excluding hydrogens is 543 g/mol. The molecule has 10 heteroatoms. The Morgan fingerprint density at radius 1 is 1.07 bits per heavy atom. The van der Waals surface area contributed by atoms with Crippen LogP contribution in [-0.4, -0.2) is 59.8 Å². The zero-order valence-electron chi connectivity index (χ0n) is 21.7. The molecule has 1 amide bonds. The van der Waals surface area contributed by atoms with E-state index >= 15 is 4.39 Å². The van der Waals surface area contributed by atoms with Gasteiger partial charge >= 0.3 is 0 Å². The fraction of sp³-hybridized carbons (Fsp3) is 0.226. The van der Waals surface area contributed by atoms with Gasteiger partial charge in [-0.1, -0.05) is 31.2 Å². The molecule has 41 heavy (non-hydrogen) atoms. The van der Waals surface area contributed by atoms with E-state index in [2.05, 4.69) is 15.6 Å². The number of fused-ring (bicyclic) bond motifs is 3. The van der Waals surface area contributed by atoms with Gasteiger partial charge in [-0.25, -0.2) is 14.4 Å². The molecule has 0 aliphatic carbocycles. The van der Waals surface area contributed by atoms with Gasteiger partial charge in [0.25, 0.3) is 5.91 Å². The zero-order valence-corrected chi connectivity index (χ0v) is 22.5. The van der Waals surface area contributed by atoms with Gasteiger partial charge in [0, 0.05) is 65.3 Å². The van der Waals surface area contributed by atoms with Crippen LogP contribution in [-0.2, 0) is 6.54 Å². The molecule has 2 aliphatic heterocycles. The molecule has 210 valence electrons. The number of carbonyl (C=O) groups is 1. The van der Waals surface area contributed by atoms with Crippen LogP contribution in [0.2, 0.25) is 5.02 Å². The molecule has 0 atom stereocenters. The van der Waals surface area contributed by atoms with Gasteiger partial charge in [0.1, 0.15) is 11.6 Å². The van der Waals surface area contributed by atoms with Crippen molar-refractivity contribution in [3.05, 3.63) is 100.0 Å². The summed E-state index contributed by atoms with van der Waals surface area (Å²) in [5, 5.41) is 6.98. The summed E-state index contributed by atoms with van der Waals surface area (Å²) in [5.74, 6) is 0.338. The predicted octanol–water partition coefficient (Wildman–Crippen LogP) is 5.72. The predicted molar refractivity (Wildman–Crippen MR) is 160 cm³/mol. The summed E-state index contributed by atoms with van der Waals surface area (Å²) in [6.45, 7) is 3.25. The highest BCUT2D eigenvalue weighted by Crippen LogP contribution is 2.36. The summed E-state index contributed by atoms with van der Waals surface area (Å²) in [6, 6.07) is 17.4. The van der Waals surface area contributed by atoms with Crippen molar-refractivity contribution in [1.29, 1.82) is 0 Å². The maximum Gasteiger partial charge on any atom is 0.253 e. The van der Waals surface area contributed by atoms with E-state index in [1.807, 2.05) is 23.1 Å². The molecule has 1 fully saturated rings. The average Bonchev–Trinajstić information content (AvgIpc) is 3.13. The van der Waals surface area contributed by atoms with Crippen molar-refractivity contribution in [2.24, 2.45) is 4.99 Å². The SMILES string of the molecule is C.COc1cccc(F)c1C1=NCc2cnc(Nc3ccc(C(=O)N4CCNCC4)cc3)nc2-c2ccc(Cl)cc21. The van der Waals surface area contributed by atoms with Gasteiger partial charge in [0.05, 0.1) is 30.6 Å². The molecule has 2 N–H and O–H groups in total. The summed E-state index contributed by atoms with van der Waals surface area (Å²) in [4.78, 5) is 28.7. The van der Waals surface area contributed by atoms with E-state index in [0.717, 1.165) is 29.9 Å². The molecule has 0 radical (unpaired) electrons. The second-order valence-corrected chi connectivity index (χ2v) is 9.92. The summed E-state index contributed by atoms with van der Waals surface area (Å²) < 4.78 is 20.6. The van der Waals surface area contributed by atoms with Gasteiger partial charge in [0.2, 0.25) is 5.95 Å². The molecule has 0 saturated carbocycles. The Balaban J connectivity index is 0.00000337. The van der Waals surface area contributed by atoms with E-state index in [0.29, 0.717) is 52.3 Å². The molecule has 3 heterocycles. The van der Waals surface area contributed by atoms with Crippen molar-refractivity contribution in [2.75, 3.05) is 38.6 Å². The average molecular weight is 573 g/mol. The number of piperazine rings is 1. The Morgan fingerprint density at radius 2 is 1.85 bits per heavy atom. The number of methoxy groups -OCH3 is 1. The lowest BCUT2D eigenvalue weighted by atomic mass is 9.94. The molecule has 3 aromatic carbocycles. The van der Waals surface area contributed by atoms with Gasteiger partial charge in [-0.05, 0) is 48.5 Å². The highest BCUT2D eigenvalue weighted by atomic mass is 35.5. The zero-order chi connectivity index (χ0) is 27.6. The monoisotopic (exact) mass is 572 g/mol. The number of halogens is 2. The first-order valence-electron chi connectivity index (χ1n) is 12.9. The van der Waals surface area contributed by atoms with E-state index in [-0.39, 0.29) is 25.4 Å². The second kappa shape index (κ2) is 12.0. The number of nitrogens with one attached hydrogen (secondary N) is 2. The van der Waals surface area contributed by atoms with Crippen LogP contribution in [0, 0.1) is 5.82 Å². The first-order chi connectivity index (χ1) is 19.5. The summed E-state index contributed by atoms with van der Waals surface area (Å²) >= 11 is 6.39. The number of aromatic nitrogens is 2. The molecule has 2 aliphatic rings. The molecule has 6 rings (SSSR count). The van der Waals surface area contributed by atoms with E-state index in [4.69, 9.17) is 26.3 Å². The molecule has 4 aromatic rings. The number of hydrogen-bond donors (Lipinski definition) is 2. The van der Waals surface area contributed by atoms with Crippen LogP contribution in [0.25, 0.3) is 11.3 Å². The minimum absolute atomic E-state index is 0. The highest BCUT2D eigenvalue weighted by Gasteiger charge is 2.25. The quantitative estimate of drug-likeness (QED) is 0.318. The number of amides is 1. The van der Waals surface area contributed by atoms with Crippen molar-refractivity contribution in [2.45, 2.75) is 14.0 Å². The number of nitrogens with zero attached hydrogens (tertiary/aromatic N) is 4. The number of anilines is 2. The van der Waals surface area contributed by atoms with Crippen molar-refractivity contribution >= 4 is 34.9 Å². The Bertz CT molecular complexity index is 1620. The van der Waals surface area contributed by atoms with Gasteiger partial charge in [-0.3, -0.25) is 9.79 Å². The maximum absolute atomic E-state index is 15.1. The van der Waals surface area contributed by atoms with Crippen molar-refractivity contribution < 1.29 is 13.9 Å². The van der Waals surface area contributed by atoms with Crippen LogP contribution in [0.3, 0.4) is 0 Å². The van der Waals surface area contributed by atoms with Crippen LogP contribution in [0.1, 0.15) is 34.5 Å². The van der Waals surface area contributed by atoms with Crippen LogP contribution >= 0.6 is 11.6 Å². The molecule has 0 spiro atoms. The van der Waals surface area contributed by atoms with Crippen LogP contribution < -0.4 is 15.4 Å². The largest absolute Gasteiger partial charge is 0.496 e. The van der Waals surface area contributed by atoms with Crippen LogP contribution in [0.5, 0.6) is 5.75 Å². The minimum Gasteiger partial charge on any atom is -0.496 e. The first kappa shape index (κ1) is 28.2. The normalized spacial score (nSPS) is 14.1. The summed E-state index contributed by atoms with van der Waals surface area (Å²) in [6.07, 6.45) is 1.72. The van der Waals surface area contributed by atoms with E-state index in [9.17, 15) is 4.79 Å². The van der Waals surface area contributed by atoms with E-state index in [1.54, 1.807) is 42.6 Å². The van der Waals surface area contributed by atoms with Crippen LogP contribution in [0.15, 0.2) is 71.9 Å². The molecular formula is C31H30ClFN6O2. The van der Waals surface area contributed by atoms with Crippen molar-refractivity contribution in [3.63, 3.8) is 0 Å². The number of benzene rings is 3. The first-order valence-corrected chi connectivity index (χ1v) is 13.3. The molecule has 0 unspecified atom stereocenters. The lowest BCUT2D eigenvalue weighted by Gasteiger charge is -2.27. The standard InChI is InChI=1S/C30H26ClFN6O2.CH4/c1-40-25-4-2-3-24(32)26(25)28-23-15-20(31)7-10-22(23)27-19(16-34-28)17-35-30(37-27)36-21-8-5-18(6-9-21)29(39)38-13-11-33-12-14-38;/h2-10,15,17,33H,11-14,16H2,1H3,(H,35,36,37);1H4. The molecule has 1 saturated heterocycles. The fourth-order valence-corrected chi connectivity index (χ4v) is 5.15. The maximum atomic E-state index is 15.1. The minimum atomic E-state index is -0.442. The Morgan fingerprint density at radius 3 is 2.61 bits per heavy atom. The Kier molecular flexibility index (Phi) is 8.28. The topological polar surface area (TPSA) is 91.7 Å². The Labute approximate surface area is 243 Å². The smallest absolute Gasteiger partial charge is 0.253 e. The van der Waals surface area contributed by atoms with E-state index in [1.165, 1.54) is 13.2 Å². The van der Waals surface area contributed by atoms with Gasteiger partial charge in [0.15, 0.2) is 0 Å². The Hall–Kier alpha value is -4.34. The second-order valence-electron chi connectivity index (χ2n) is 9.48. The number of ether oxygens (including phenoxy) is 1. The van der Waals surface area contributed by atoms with E-state index < -0.39 is 5.82 Å². The van der Waals surface area contributed by atoms with Crippen molar-refractivity contribution in [1.82, 2.24) is 20.2 Å². The lowest BCUT2D eigenvalue weighted by Crippen LogP contribution is -2.46. The van der Waals surface area contributed by atoms with Gasteiger partial charge in [-0.15, -0.1) is 0 Å². The third kappa shape index (κ3) is 5.64. The number of carbonyl (C=O) groups excluding carboxylic acids is 1. The lowest BCUT2D eigenvalue weighted by molar-refractivity contribution is 0.0736. The third-order valence-corrected chi connectivity index (χ3v) is 7.22. The van der Waals surface area contributed by atoms with Gasteiger partial charge in [-0.2, -0.15) is 0 Å². The number of rotatable bonds is 5. The molecule has 8 nitrogen and oxygen atoms in total.